The molecule has 1 fully saturated rings. The summed E-state index contributed by atoms with van der Waals surface area (Å²) in [5.74, 6) is -0.971. The monoisotopic (exact) mass is 358 g/mol. The molecule has 9 heteroatoms. The van der Waals surface area contributed by atoms with Crippen molar-refractivity contribution in [3.63, 3.8) is 0 Å². The molecule has 3 N–H and O–H groups in total. The number of imide groups is 1. The highest BCUT2D eigenvalue weighted by molar-refractivity contribution is 6.05. The van der Waals surface area contributed by atoms with E-state index in [1.165, 1.54) is 0 Å². The molecule has 0 aliphatic carbocycles. The molecule has 0 aromatic carbocycles. The van der Waals surface area contributed by atoms with Crippen LogP contribution in [-0.4, -0.2) is 74.5 Å². The molecule has 4 amide bonds. The largest absolute Gasteiger partial charge is 0.381 e. The van der Waals surface area contributed by atoms with Gasteiger partial charge in [-0.25, -0.2) is 0 Å². The standard InChI is InChI=1S/C15H26N4O5.CH4/c1-3-24-9-5-13(21)18-7-6-17-12(20)4-8-19-14(22)10-11(16-2)15(19)23;/h11,16H,3-10H2,1-2H3,(H,17,20)(H,18,21);1H4. The smallest absolute Gasteiger partial charge is 0.246 e. The molecule has 1 unspecified atom stereocenters. The highest BCUT2D eigenvalue weighted by Crippen LogP contribution is 2.12. The van der Waals surface area contributed by atoms with Gasteiger partial charge in [0.1, 0.15) is 0 Å². The first-order valence-electron chi connectivity index (χ1n) is 8.12. The van der Waals surface area contributed by atoms with Crippen molar-refractivity contribution in [1.29, 1.82) is 0 Å². The van der Waals surface area contributed by atoms with Crippen LogP contribution in [0.25, 0.3) is 0 Å². The topological polar surface area (TPSA) is 117 Å². The predicted octanol–water partition coefficient (Wildman–Crippen LogP) is -0.981. The molecule has 1 aliphatic rings. The minimum Gasteiger partial charge on any atom is -0.381 e. The molecule has 0 aromatic rings. The third-order valence-electron chi connectivity index (χ3n) is 3.60. The van der Waals surface area contributed by atoms with Gasteiger partial charge in [0, 0.05) is 39.1 Å². The van der Waals surface area contributed by atoms with Crippen molar-refractivity contribution in [3.8, 4) is 0 Å². The molecule has 1 saturated heterocycles. The summed E-state index contributed by atoms with van der Waals surface area (Å²) in [6, 6.07) is -0.493. The number of rotatable bonds is 11. The van der Waals surface area contributed by atoms with Gasteiger partial charge >= 0.3 is 0 Å². The van der Waals surface area contributed by atoms with Gasteiger partial charge in [0.05, 0.1) is 19.1 Å². The van der Waals surface area contributed by atoms with E-state index in [0.29, 0.717) is 26.3 Å². The van der Waals surface area contributed by atoms with Gasteiger partial charge in [-0.3, -0.25) is 24.1 Å². The van der Waals surface area contributed by atoms with Gasteiger partial charge < -0.3 is 20.7 Å². The first kappa shape index (κ1) is 23.0. The van der Waals surface area contributed by atoms with E-state index in [0.717, 1.165) is 4.90 Å². The van der Waals surface area contributed by atoms with Crippen molar-refractivity contribution in [2.24, 2.45) is 0 Å². The number of likely N-dealkylation sites (tertiary alicyclic amines) is 1. The lowest BCUT2D eigenvalue weighted by Gasteiger charge is -2.14. The van der Waals surface area contributed by atoms with Crippen LogP contribution in [0.15, 0.2) is 0 Å². The first-order valence-corrected chi connectivity index (χ1v) is 8.12. The fourth-order valence-electron chi connectivity index (χ4n) is 2.25. The van der Waals surface area contributed by atoms with Crippen LogP contribution in [-0.2, 0) is 23.9 Å². The highest BCUT2D eigenvalue weighted by Gasteiger charge is 2.37. The van der Waals surface area contributed by atoms with E-state index in [9.17, 15) is 19.2 Å². The molecule has 1 heterocycles. The Labute approximate surface area is 148 Å². The molecule has 0 bridgehead atoms. The maximum Gasteiger partial charge on any atom is 0.246 e. The Hall–Kier alpha value is -2.00. The van der Waals surface area contributed by atoms with Gasteiger partial charge in [-0.15, -0.1) is 0 Å². The Kier molecular flexibility index (Phi) is 11.4. The molecule has 9 nitrogen and oxygen atoms in total. The van der Waals surface area contributed by atoms with E-state index >= 15 is 0 Å². The number of carbonyl (C=O) groups excluding carboxylic acids is 4. The second-order valence-corrected chi connectivity index (χ2v) is 5.33. The van der Waals surface area contributed by atoms with Gasteiger partial charge in [0.2, 0.25) is 23.6 Å². The van der Waals surface area contributed by atoms with Crippen molar-refractivity contribution in [2.45, 2.75) is 39.7 Å². The van der Waals surface area contributed by atoms with E-state index < -0.39 is 6.04 Å². The Morgan fingerprint density at radius 2 is 1.76 bits per heavy atom. The van der Waals surface area contributed by atoms with Crippen LogP contribution in [0.3, 0.4) is 0 Å². The van der Waals surface area contributed by atoms with Crippen molar-refractivity contribution in [3.05, 3.63) is 0 Å². The third-order valence-corrected chi connectivity index (χ3v) is 3.60. The SMILES string of the molecule is C.CCOCCC(=O)NCCNC(=O)CCN1C(=O)CC(NC)C1=O. The molecule has 1 atom stereocenters. The number of nitrogens with zero attached hydrogens (tertiary/aromatic N) is 1. The normalized spacial score (nSPS) is 16.6. The molecule has 25 heavy (non-hydrogen) atoms. The van der Waals surface area contributed by atoms with Crippen molar-refractivity contribution in [2.75, 3.05) is 39.9 Å². The number of nitrogens with one attached hydrogen (secondary N) is 3. The summed E-state index contributed by atoms with van der Waals surface area (Å²) >= 11 is 0. The maximum atomic E-state index is 11.9. The third kappa shape index (κ3) is 8.08. The average molecular weight is 358 g/mol. The Bertz CT molecular complexity index is 469. The fourth-order valence-corrected chi connectivity index (χ4v) is 2.25. The Morgan fingerprint density at radius 1 is 1.16 bits per heavy atom. The summed E-state index contributed by atoms with van der Waals surface area (Å²) in [6.07, 6.45) is 0.463. The van der Waals surface area contributed by atoms with E-state index in [4.69, 9.17) is 4.74 Å². The molecular weight excluding hydrogens is 328 g/mol. The van der Waals surface area contributed by atoms with Crippen molar-refractivity contribution >= 4 is 23.6 Å². The molecule has 144 valence electrons. The van der Waals surface area contributed by atoms with E-state index in [2.05, 4.69) is 16.0 Å². The summed E-state index contributed by atoms with van der Waals surface area (Å²) in [5, 5.41) is 8.07. The number of hydrogen-bond donors (Lipinski definition) is 3. The Morgan fingerprint density at radius 3 is 2.28 bits per heavy atom. The van der Waals surface area contributed by atoms with Crippen LogP contribution < -0.4 is 16.0 Å². The molecule has 1 aliphatic heterocycles. The second kappa shape index (κ2) is 12.4. The summed E-state index contributed by atoms with van der Waals surface area (Å²) in [6.45, 7) is 3.49. The zero-order valence-electron chi connectivity index (χ0n) is 14.2. The minimum atomic E-state index is -0.493. The van der Waals surface area contributed by atoms with E-state index in [1.54, 1.807) is 7.05 Å². The lowest BCUT2D eigenvalue weighted by Crippen LogP contribution is -2.40. The van der Waals surface area contributed by atoms with Crippen LogP contribution in [0.2, 0.25) is 0 Å². The number of likely N-dealkylation sites (N-methyl/N-ethyl adjacent to an activating group) is 1. The quantitative estimate of drug-likeness (QED) is 0.323. The predicted molar refractivity (Wildman–Crippen MR) is 92.7 cm³/mol. The van der Waals surface area contributed by atoms with E-state index in [1.807, 2.05) is 6.92 Å². The second-order valence-electron chi connectivity index (χ2n) is 5.33. The summed E-state index contributed by atoms with van der Waals surface area (Å²) in [5.41, 5.74) is 0. The number of ether oxygens (including phenoxy) is 1. The summed E-state index contributed by atoms with van der Waals surface area (Å²) in [4.78, 5) is 47.8. The minimum absolute atomic E-state index is 0. The van der Waals surface area contributed by atoms with Crippen LogP contribution in [0.5, 0.6) is 0 Å². The van der Waals surface area contributed by atoms with Crippen LogP contribution >= 0.6 is 0 Å². The van der Waals surface area contributed by atoms with Gasteiger partial charge in [-0.05, 0) is 14.0 Å². The lowest BCUT2D eigenvalue weighted by molar-refractivity contribution is -0.139. The Balaban J connectivity index is 0.00000576. The highest BCUT2D eigenvalue weighted by atomic mass is 16.5. The number of amides is 4. The van der Waals surface area contributed by atoms with Crippen LogP contribution in [0.4, 0.5) is 0 Å². The molecule has 0 saturated carbocycles. The van der Waals surface area contributed by atoms with Crippen LogP contribution in [0.1, 0.15) is 33.6 Å². The zero-order valence-corrected chi connectivity index (χ0v) is 14.2. The van der Waals surface area contributed by atoms with Gasteiger partial charge in [-0.1, -0.05) is 7.43 Å². The zero-order chi connectivity index (χ0) is 17.9. The van der Waals surface area contributed by atoms with Gasteiger partial charge in [0.15, 0.2) is 0 Å². The number of carbonyl (C=O) groups is 4. The van der Waals surface area contributed by atoms with Crippen molar-refractivity contribution in [1.82, 2.24) is 20.9 Å². The fraction of sp³-hybridized carbons (Fsp3) is 0.750. The summed E-state index contributed by atoms with van der Waals surface area (Å²) in [7, 11) is 1.62. The molecule has 0 spiro atoms. The van der Waals surface area contributed by atoms with Crippen LogP contribution in [0, 0.1) is 0 Å². The maximum absolute atomic E-state index is 11.9. The molecule has 0 radical (unpaired) electrons. The lowest BCUT2D eigenvalue weighted by atomic mass is 10.2. The first-order chi connectivity index (χ1) is 11.5. The summed E-state index contributed by atoms with van der Waals surface area (Å²) < 4.78 is 5.07. The van der Waals surface area contributed by atoms with Gasteiger partial charge in [-0.2, -0.15) is 0 Å². The molecular formula is C16H30N4O5. The van der Waals surface area contributed by atoms with Gasteiger partial charge in [0.25, 0.3) is 0 Å². The van der Waals surface area contributed by atoms with Crippen molar-refractivity contribution < 1.29 is 23.9 Å². The van der Waals surface area contributed by atoms with E-state index in [-0.39, 0.29) is 56.9 Å². The molecule has 0 aromatic heterocycles. The molecule has 1 rings (SSSR count). The number of hydrogen-bond acceptors (Lipinski definition) is 6. The average Bonchev–Trinajstić information content (AvgIpc) is 2.83.